The van der Waals surface area contributed by atoms with Crippen LogP contribution in [0.5, 0.6) is 0 Å². The molecule has 2 aromatic heterocycles. The predicted molar refractivity (Wildman–Crippen MR) is 107 cm³/mol. The van der Waals surface area contributed by atoms with Crippen LogP contribution in [-0.2, 0) is 11.3 Å². The number of rotatable bonds is 5. The van der Waals surface area contributed by atoms with Gasteiger partial charge in [-0.1, -0.05) is 29.8 Å². The number of amides is 1. The maximum atomic E-state index is 12.5. The number of carbonyl (C=O) groups excluding carboxylic acids is 1. The summed E-state index contributed by atoms with van der Waals surface area (Å²) in [5, 5.41) is 13.0. The maximum absolute atomic E-state index is 12.5. The number of nitriles is 1. The second kappa shape index (κ2) is 8.41. The van der Waals surface area contributed by atoms with Crippen LogP contribution in [0.2, 0.25) is 5.02 Å². The fraction of sp³-hybridized carbons (Fsp3) is 0.286. The molecule has 1 aliphatic rings. The summed E-state index contributed by atoms with van der Waals surface area (Å²) in [5.41, 5.74) is 1.11. The molecule has 0 aliphatic carbocycles. The van der Waals surface area contributed by atoms with Crippen molar-refractivity contribution in [2.24, 2.45) is 5.92 Å². The highest BCUT2D eigenvalue weighted by Gasteiger charge is 2.29. The number of hydrogen-bond donors (Lipinski definition) is 1. The Labute approximate surface area is 172 Å². The first-order chi connectivity index (χ1) is 14.2. The normalized spacial score (nSPS) is 14.6. The molecule has 1 aromatic carbocycles. The van der Waals surface area contributed by atoms with Crippen LogP contribution >= 0.6 is 11.6 Å². The molecule has 1 aliphatic heterocycles. The van der Waals surface area contributed by atoms with Crippen LogP contribution in [0.25, 0.3) is 11.7 Å². The molecule has 1 fully saturated rings. The third-order valence-corrected chi connectivity index (χ3v) is 5.38. The minimum Gasteiger partial charge on any atom is -0.459 e. The topological polar surface area (TPSA) is 95.3 Å². The van der Waals surface area contributed by atoms with Gasteiger partial charge in [0.2, 0.25) is 17.5 Å². The lowest BCUT2D eigenvalue weighted by Gasteiger charge is -2.31. The van der Waals surface area contributed by atoms with E-state index in [2.05, 4.69) is 16.4 Å². The number of carbonyl (C=O) groups is 1. The number of oxazole rings is 1. The summed E-state index contributed by atoms with van der Waals surface area (Å²) >= 11 is 6.14. The molecule has 29 heavy (non-hydrogen) atoms. The van der Waals surface area contributed by atoms with E-state index in [4.69, 9.17) is 20.4 Å². The van der Waals surface area contributed by atoms with Gasteiger partial charge in [-0.05, 0) is 36.6 Å². The molecule has 4 rings (SSSR count). The van der Waals surface area contributed by atoms with Gasteiger partial charge >= 0.3 is 0 Å². The molecule has 7 nitrogen and oxygen atoms in total. The zero-order chi connectivity index (χ0) is 20.2. The molecular weight excluding hydrogens is 392 g/mol. The van der Waals surface area contributed by atoms with E-state index in [1.807, 2.05) is 29.2 Å². The van der Waals surface area contributed by atoms with Gasteiger partial charge in [-0.25, -0.2) is 0 Å². The van der Waals surface area contributed by atoms with E-state index in [-0.39, 0.29) is 23.4 Å². The summed E-state index contributed by atoms with van der Waals surface area (Å²) in [6, 6.07) is 13.0. The first-order valence-corrected chi connectivity index (χ1v) is 9.74. The van der Waals surface area contributed by atoms with Crippen molar-refractivity contribution in [3.63, 3.8) is 0 Å². The van der Waals surface area contributed by atoms with Gasteiger partial charge in [0.1, 0.15) is 6.07 Å². The van der Waals surface area contributed by atoms with E-state index in [9.17, 15) is 10.1 Å². The van der Waals surface area contributed by atoms with Gasteiger partial charge in [0.15, 0.2) is 5.76 Å². The molecule has 1 amide bonds. The van der Waals surface area contributed by atoms with Gasteiger partial charge in [-0.15, -0.1) is 0 Å². The quantitative estimate of drug-likeness (QED) is 0.683. The van der Waals surface area contributed by atoms with E-state index < -0.39 is 0 Å². The third-order valence-electron chi connectivity index (χ3n) is 5.01. The van der Waals surface area contributed by atoms with Crippen molar-refractivity contribution < 1.29 is 13.6 Å². The zero-order valence-electron chi connectivity index (χ0n) is 15.6. The van der Waals surface area contributed by atoms with Crippen molar-refractivity contribution in [1.29, 1.82) is 5.26 Å². The maximum Gasteiger partial charge on any atom is 0.266 e. The molecule has 0 radical (unpaired) electrons. The van der Waals surface area contributed by atoms with Crippen molar-refractivity contribution in [3.8, 4) is 17.7 Å². The molecule has 0 saturated carbocycles. The van der Waals surface area contributed by atoms with Crippen LogP contribution in [0.1, 0.15) is 24.1 Å². The number of anilines is 1. The molecule has 0 atom stereocenters. The molecule has 0 spiro atoms. The van der Waals surface area contributed by atoms with Crippen molar-refractivity contribution in [3.05, 3.63) is 58.9 Å². The molecule has 8 heteroatoms. The van der Waals surface area contributed by atoms with E-state index in [1.54, 1.807) is 12.1 Å². The van der Waals surface area contributed by atoms with Gasteiger partial charge in [0.05, 0.1) is 6.26 Å². The minimum absolute atomic E-state index is 0.0129. The zero-order valence-corrected chi connectivity index (χ0v) is 16.4. The molecule has 3 aromatic rings. The molecule has 1 N–H and O–H groups in total. The summed E-state index contributed by atoms with van der Waals surface area (Å²) < 4.78 is 11.1. The average molecular weight is 411 g/mol. The smallest absolute Gasteiger partial charge is 0.266 e. The van der Waals surface area contributed by atoms with Gasteiger partial charge in [-0.3, -0.25) is 4.79 Å². The second-order valence-corrected chi connectivity index (χ2v) is 7.24. The third kappa shape index (κ3) is 4.13. The van der Waals surface area contributed by atoms with Crippen LogP contribution in [0.4, 0.5) is 5.88 Å². The van der Waals surface area contributed by atoms with Gasteiger partial charge < -0.3 is 19.1 Å². The van der Waals surface area contributed by atoms with Gasteiger partial charge in [-0.2, -0.15) is 10.2 Å². The Morgan fingerprint density at radius 1 is 1.28 bits per heavy atom. The highest BCUT2D eigenvalue weighted by Crippen LogP contribution is 2.31. The number of benzene rings is 1. The standard InChI is InChI=1S/C21H19ClN4O3/c22-16-5-2-1-4-15(16)13-24-19(27)14-7-9-26(10-8-14)21-17(12-23)25-20(29-21)18-6-3-11-28-18/h1-6,11,14H,7-10,13H2,(H,24,27). The highest BCUT2D eigenvalue weighted by atomic mass is 35.5. The van der Waals surface area contributed by atoms with Crippen LogP contribution in [0.3, 0.4) is 0 Å². The lowest BCUT2D eigenvalue weighted by atomic mass is 9.96. The van der Waals surface area contributed by atoms with E-state index in [0.29, 0.717) is 49.1 Å². The summed E-state index contributed by atoms with van der Waals surface area (Å²) in [6.07, 6.45) is 2.85. The number of furan rings is 1. The number of aromatic nitrogens is 1. The first-order valence-electron chi connectivity index (χ1n) is 9.36. The van der Waals surface area contributed by atoms with Crippen molar-refractivity contribution in [1.82, 2.24) is 10.3 Å². The molecule has 3 heterocycles. The van der Waals surface area contributed by atoms with Crippen LogP contribution in [0.15, 0.2) is 51.5 Å². The number of piperidine rings is 1. The SMILES string of the molecule is N#Cc1nc(-c2ccco2)oc1N1CCC(C(=O)NCc2ccccc2Cl)CC1. The highest BCUT2D eigenvalue weighted by molar-refractivity contribution is 6.31. The molecule has 148 valence electrons. The fourth-order valence-electron chi connectivity index (χ4n) is 3.42. The van der Waals surface area contributed by atoms with Crippen LogP contribution < -0.4 is 10.2 Å². The summed E-state index contributed by atoms with van der Waals surface area (Å²) in [6.45, 7) is 1.61. The minimum atomic E-state index is -0.0910. The van der Waals surface area contributed by atoms with E-state index in [0.717, 1.165) is 5.56 Å². The Hall–Kier alpha value is -3.24. The van der Waals surface area contributed by atoms with Crippen molar-refractivity contribution in [2.45, 2.75) is 19.4 Å². The predicted octanol–water partition coefficient (Wildman–Crippen LogP) is 3.99. The lowest BCUT2D eigenvalue weighted by Crippen LogP contribution is -2.40. The second-order valence-electron chi connectivity index (χ2n) is 6.83. The largest absolute Gasteiger partial charge is 0.459 e. The summed E-state index contributed by atoms with van der Waals surface area (Å²) in [5.74, 6) is 1.10. The van der Waals surface area contributed by atoms with Crippen LogP contribution in [0, 0.1) is 17.2 Å². The van der Waals surface area contributed by atoms with Gasteiger partial charge in [0.25, 0.3) is 5.89 Å². The van der Waals surface area contributed by atoms with Crippen molar-refractivity contribution >= 4 is 23.4 Å². The fourth-order valence-corrected chi connectivity index (χ4v) is 3.62. The van der Waals surface area contributed by atoms with Gasteiger partial charge in [0, 0.05) is 30.6 Å². The summed E-state index contributed by atoms with van der Waals surface area (Å²) in [4.78, 5) is 18.7. The molecular formula is C21H19ClN4O3. The monoisotopic (exact) mass is 410 g/mol. The molecule has 0 bridgehead atoms. The Kier molecular flexibility index (Phi) is 5.54. The Bertz CT molecular complexity index is 1030. The average Bonchev–Trinajstić information content (AvgIpc) is 3.42. The molecule has 0 unspecified atom stereocenters. The molecule has 1 saturated heterocycles. The number of nitrogens with zero attached hydrogens (tertiary/aromatic N) is 3. The Morgan fingerprint density at radius 2 is 2.07 bits per heavy atom. The number of nitrogens with one attached hydrogen (secondary N) is 1. The van der Waals surface area contributed by atoms with E-state index >= 15 is 0 Å². The Morgan fingerprint density at radius 3 is 2.76 bits per heavy atom. The first kappa shape index (κ1) is 19.1. The number of halogens is 1. The lowest BCUT2D eigenvalue weighted by molar-refractivity contribution is -0.125. The summed E-state index contributed by atoms with van der Waals surface area (Å²) in [7, 11) is 0. The van der Waals surface area contributed by atoms with Crippen molar-refractivity contribution in [2.75, 3.05) is 18.0 Å². The Balaban J connectivity index is 1.36. The number of hydrogen-bond acceptors (Lipinski definition) is 6. The van der Waals surface area contributed by atoms with Crippen LogP contribution in [-0.4, -0.2) is 24.0 Å². The van der Waals surface area contributed by atoms with E-state index in [1.165, 1.54) is 6.26 Å².